The number of hydrogen-bond donors (Lipinski definition) is 1. The molecule has 3 aromatic rings. The number of benzene rings is 1. The van der Waals surface area contributed by atoms with Crippen LogP contribution in [-0.2, 0) is 6.54 Å². The number of fused-ring (bicyclic) bond motifs is 1. The summed E-state index contributed by atoms with van der Waals surface area (Å²) in [4.78, 5) is 7.50. The number of rotatable bonds is 5. The molecule has 0 saturated carbocycles. The quantitative estimate of drug-likeness (QED) is 0.752. The second-order valence-corrected chi connectivity index (χ2v) is 7.18. The van der Waals surface area contributed by atoms with E-state index in [1.165, 1.54) is 17.7 Å². The average molecular weight is 364 g/mol. The number of pyridine rings is 1. The molecule has 0 aliphatic carbocycles. The normalized spacial score (nSPS) is 15.8. The first kappa shape index (κ1) is 18.0. The minimum Gasteiger partial charge on any atom is -0.494 e. The first-order chi connectivity index (χ1) is 13.2. The highest BCUT2D eigenvalue weighted by Crippen LogP contribution is 2.28. The predicted octanol–water partition coefficient (Wildman–Crippen LogP) is 3.50. The van der Waals surface area contributed by atoms with Gasteiger partial charge in [-0.2, -0.15) is 0 Å². The van der Waals surface area contributed by atoms with Gasteiger partial charge in [0.2, 0.25) is 0 Å². The summed E-state index contributed by atoms with van der Waals surface area (Å²) in [5.41, 5.74) is 5.73. The molecule has 1 aliphatic rings. The summed E-state index contributed by atoms with van der Waals surface area (Å²) in [5.74, 6) is 0.904. The first-order valence-corrected chi connectivity index (χ1v) is 9.88. The highest BCUT2D eigenvalue weighted by atomic mass is 16.5. The Morgan fingerprint density at radius 1 is 1.07 bits per heavy atom. The average Bonchev–Trinajstić information content (AvgIpc) is 2.84. The molecule has 0 unspecified atom stereocenters. The fraction of sp³-hybridized carbons (Fsp3) is 0.409. The van der Waals surface area contributed by atoms with Crippen LogP contribution in [0.1, 0.15) is 24.6 Å². The zero-order valence-electron chi connectivity index (χ0n) is 16.2. The summed E-state index contributed by atoms with van der Waals surface area (Å²) in [6.45, 7) is 10.1. The lowest BCUT2D eigenvalue weighted by Gasteiger charge is -2.20. The molecule has 1 aliphatic heterocycles. The number of nitrogens with one attached hydrogen (secondary N) is 1. The highest BCUT2D eigenvalue weighted by molar-refractivity contribution is 5.67. The van der Waals surface area contributed by atoms with E-state index in [4.69, 9.17) is 9.72 Å². The molecule has 1 aromatic carbocycles. The van der Waals surface area contributed by atoms with E-state index >= 15 is 0 Å². The maximum Gasteiger partial charge on any atom is 0.137 e. The molecule has 0 atom stereocenters. The Hall–Kier alpha value is -2.37. The number of hydrogen-bond acceptors (Lipinski definition) is 4. The van der Waals surface area contributed by atoms with E-state index in [1.54, 1.807) is 0 Å². The van der Waals surface area contributed by atoms with Crippen molar-refractivity contribution in [3.63, 3.8) is 0 Å². The van der Waals surface area contributed by atoms with Gasteiger partial charge < -0.3 is 14.5 Å². The summed E-state index contributed by atoms with van der Waals surface area (Å²) in [5, 5.41) is 3.49. The zero-order valence-corrected chi connectivity index (χ0v) is 16.2. The van der Waals surface area contributed by atoms with Gasteiger partial charge in [0.15, 0.2) is 0 Å². The smallest absolute Gasteiger partial charge is 0.137 e. The van der Waals surface area contributed by atoms with Gasteiger partial charge in [-0.05, 0) is 69.3 Å². The van der Waals surface area contributed by atoms with Crippen LogP contribution in [0, 0.1) is 6.92 Å². The predicted molar refractivity (Wildman–Crippen MR) is 109 cm³/mol. The van der Waals surface area contributed by atoms with Crippen LogP contribution in [-0.4, -0.2) is 47.1 Å². The molecule has 1 saturated heterocycles. The number of nitrogens with zero attached hydrogens (tertiary/aromatic N) is 3. The Labute approximate surface area is 161 Å². The summed E-state index contributed by atoms with van der Waals surface area (Å²) in [6.07, 6.45) is 3.39. The molecule has 142 valence electrons. The third-order valence-electron chi connectivity index (χ3n) is 5.11. The topological polar surface area (TPSA) is 41.8 Å². The van der Waals surface area contributed by atoms with Crippen molar-refractivity contribution >= 4 is 5.65 Å². The Morgan fingerprint density at radius 3 is 2.74 bits per heavy atom. The number of aromatic nitrogens is 2. The van der Waals surface area contributed by atoms with Gasteiger partial charge in [0.25, 0.3) is 0 Å². The molecule has 0 spiro atoms. The van der Waals surface area contributed by atoms with E-state index in [0.29, 0.717) is 6.61 Å². The van der Waals surface area contributed by atoms with Crippen molar-refractivity contribution in [3.8, 4) is 17.0 Å². The minimum atomic E-state index is 0.682. The molecule has 27 heavy (non-hydrogen) atoms. The second-order valence-electron chi connectivity index (χ2n) is 7.18. The number of imidazole rings is 1. The largest absolute Gasteiger partial charge is 0.494 e. The summed E-state index contributed by atoms with van der Waals surface area (Å²) in [7, 11) is 0. The highest BCUT2D eigenvalue weighted by Gasteiger charge is 2.18. The van der Waals surface area contributed by atoms with Crippen molar-refractivity contribution in [2.24, 2.45) is 0 Å². The van der Waals surface area contributed by atoms with E-state index in [2.05, 4.69) is 52.0 Å². The molecule has 0 radical (unpaired) electrons. The molecule has 0 bridgehead atoms. The molecule has 5 heteroatoms. The van der Waals surface area contributed by atoms with Crippen LogP contribution in [0.4, 0.5) is 0 Å². The third kappa shape index (κ3) is 3.99. The molecular formula is C22H28N4O. The monoisotopic (exact) mass is 364 g/mol. The summed E-state index contributed by atoms with van der Waals surface area (Å²) >= 11 is 0. The summed E-state index contributed by atoms with van der Waals surface area (Å²) < 4.78 is 7.86. The van der Waals surface area contributed by atoms with E-state index in [9.17, 15) is 0 Å². The fourth-order valence-corrected chi connectivity index (χ4v) is 3.73. The Bertz CT molecular complexity index is 893. The lowest BCUT2D eigenvalue weighted by atomic mass is 10.1. The van der Waals surface area contributed by atoms with E-state index < -0.39 is 0 Å². The molecule has 1 N–H and O–H groups in total. The molecule has 2 aromatic heterocycles. The van der Waals surface area contributed by atoms with Crippen LogP contribution in [0.25, 0.3) is 16.9 Å². The SMILES string of the molecule is CCOc1ccc(-c2nc3ccc(C)cn3c2CN2CCCNCC2)cc1. The van der Waals surface area contributed by atoms with Crippen molar-refractivity contribution in [1.29, 1.82) is 0 Å². The van der Waals surface area contributed by atoms with Crippen molar-refractivity contribution in [1.82, 2.24) is 19.6 Å². The molecule has 4 rings (SSSR count). The molecule has 0 amide bonds. The summed E-state index contributed by atoms with van der Waals surface area (Å²) in [6, 6.07) is 12.5. The Balaban J connectivity index is 1.74. The van der Waals surface area contributed by atoms with Crippen molar-refractivity contribution in [2.45, 2.75) is 26.8 Å². The third-order valence-corrected chi connectivity index (χ3v) is 5.11. The maximum atomic E-state index is 5.60. The van der Waals surface area contributed by atoms with Gasteiger partial charge in [0, 0.05) is 31.4 Å². The fourth-order valence-electron chi connectivity index (χ4n) is 3.73. The van der Waals surface area contributed by atoms with Gasteiger partial charge in [-0.3, -0.25) is 4.90 Å². The minimum absolute atomic E-state index is 0.682. The van der Waals surface area contributed by atoms with E-state index in [0.717, 1.165) is 55.4 Å². The van der Waals surface area contributed by atoms with Gasteiger partial charge in [0.1, 0.15) is 11.4 Å². The maximum absolute atomic E-state index is 5.60. The molecule has 3 heterocycles. The van der Waals surface area contributed by atoms with Gasteiger partial charge >= 0.3 is 0 Å². The molecular weight excluding hydrogens is 336 g/mol. The Kier molecular flexibility index (Phi) is 5.41. The number of aryl methyl sites for hydroxylation is 1. The van der Waals surface area contributed by atoms with Crippen LogP contribution in [0.15, 0.2) is 42.6 Å². The lowest BCUT2D eigenvalue weighted by Crippen LogP contribution is -2.28. The van der Waals surface area contributed by atoms with E-state index in [1.807, 2.05) is 19.1 Å². The van der Waals surface area contributed by atoms with Crippen LogP contribution in [0.2, 0.25) is 0 Å². The molecule has 5 nitrogen and oxygen atoms in total. The van der Waals surface area contributed by atoms with Crippen LogP contribution < -0.4 is 10.1 Å². The first-order valence-electron chi connectivity index (χ1n) is 9.88. The standard InChI is InChI=1S/C22H28N4O/c1-3-27-19-8-6-18(7-9-19)22-20(16-25-13-4-11-23-12-14-25)26-15-17(2)5-10-21(26)24-22/h5-10,15,23H,3-4,11-14,16H2,1-2H3. The zero-order chi connectivity index (χ0) is 18.6. The Morgan fingerprint density at radius 2 is 1.93 bits per heavy atom. The molecule has 1 fully saturated rings. The second kappa shape index (κ2) is 8.11. The lowest BCUT2D eigenvalue weighted by molar-refractivity contribution is 0.281. The van der Waals surface area contributed by atoms with Crippen molar-refractivity contribution < 1.29 is 4.74 Å². The van der Waals surface area contributed by atoms with Crippen molar-refractivity contribution in [3.05, 3.63) is 53.9 Å². The van der Waals surface area contributed by atoms with Crippen LogP contribution in [0.3, 0.4) is 0 Å². The van der Waals surface area contributed by atoms with E-state index in [-0.39, 0.29) is 0 Å². The van der Waals surface area contributed by atoms with Gasteiger partial charge in [-0.15, -0.1) is 0 Å². The van der Waals surface area contributed by atoms with Crippen molar-refractivity contribution in [2.75, 3.05) is 32.8 Å². The van der Waals surface area contributed by atoms with Gasteiger partial charge in [-0.1, -0.05) is 6.07 Å². The van der Waals surface area contributed by atoms with Gasteiger partial charge in [0.05, 0.1) is 18.0 Å². The van der Waals surface area contributed by atoms with Crippen LogP contribution in [0.5, 0.6) is 5.75 Å². The van der Waals surface area contributed by atoms with Gasteiger partial charge in [-0.25, -0.2) is 4.98 Å². The van der Waals surface area contributed by atoms with Crippen LogP contribution >= 0.6 is 0 Å². The number of ether oxygens (including phenoxy) is 1.